The number of nitrogens with zero attached hydrogens (tertiary/aromatic N) is 2. The molecule has 0 atom stereocenters. The molecule has 2 aromatic carbocycles. The van der Waals surface area contributed by atoms with E-state index in [1.54, 1.807) is 24.9 Å². The van der Waals surface area contributed by atoms with E-state index in [2.05, 4.69) is 57.5 Å². The molecular formula is C24H21N5O2S2. The molecule has 0 aliphatic carbocycles. The Bertz CT molecular complexity index is 1580. The molecule has 0 aliphatic rings. The van der Waals surface area contributed by atoms with Gasteiger partial charge in [-0.25, -0.2) is 4.98 Å². The molecule has 5 aromatic rings. The third kappa shape index (κ3) is 4.05. The summed E-state index contributed by atoms with van der Waals surface area (Å²) in [5.74, 6) is 0.854. The highest BCUT2D eigenvalue weighted by molar-refractivity contribution is 7.98. The zero-order valence-electron chi connectivity index (χ0n) is 18.3. The number of nitrogens with one attached hydrogen (secondary N) is 3. The van der Waals surface area contributed by atoms with Crippen LogP contribution in [-0.4, -0.2) is 26.1 Å². The van der Waals surface area contributed by atoms with Crippen LogP contribution >= 0.6 is 23.1 Å². The van der Waals surface area contributed by atoms with E-state index in [0.717, 1.165) is 15.8 Å². The fraction of sp³-hybridized carbons (Fsp3) is 0.167. The molecule has 166 valence electrons. The summed E-state index contributed by atoms with van der Waals surface area (Å²) in [6.07, 6.45) is 1.71. The summed E-state index contributed by atoms with van der Waals surface area (Å²) in [7, 11) is 0. The van der Waals surface area contributed by atoms with Gasteiger partial charge in [0.15, 0.2) is 0 Å². The molecule has 0 fully saturated rings. The Labute approximate surface area is 197 Å². The summed E-state index contributed by atoms with van der Waals surface area (Å²) in [4.78, 5) is 35.7. The van der Waals surface area contributed by atoms with Gasteiger partial charge in [-0.3, -0.25) is 14.7 Å². The summed E-state index contributed by atoms with van der Waals surface area (Å²) >= 11 is 2.87. The van der Waals surface area contributed by atoms with Crippen molar-refractivity contribution in [2.75, 3.05) is 5.32 Å². The van der Waals surface area contributed by atoms with Gasteiger partial charge in [0.1, 0.15) is 10.7 Å². The number of fused-ring (bicyclic) bond motifs is 2. The van der Waals surface area contributed by atoms with E-state index in [1.807, 2.05) is 18.2 Å². The molecular weight excluding hydrogens is 454 g/mol. The van der Waals surface area contributed by atoms with Gasteiger partial charge in [-0.1, -0.05) is 29.8 Å². The summed E-state index contributed by atoms with van der Waals surface area (Å²) < 4.78 is 0. The Morgan fingerprint density at radius 3 is 2.88 bits per heavy atom. The predicted octanol–water partition coefficient (Wildman–Crippen LogP) is 5.33. The van der Waals surface area contributed by atoms with Crippen LogP contribution in [0.4, 0.5) is 5.69 Å². The second-order valence-electron chi connectivity index (χ2n) is 7.90. The number of aromatic amines is 2. The van der Waals surface area contributed by atoms with Crippen molar-refractivity contribution in [2.45, 2.75) is 31.4 Å². The average molecular weight is 476 g/mol. The van der Waals surface area contributed by atoms with Crippen molar-refractivity contribution in [2.24, 2.45) is 0 Å². The normalized spacial score (nSPS) is 11.4. The molecule has 3 aromatic heterocycles. The average Bonchev–Trinajstić information content (AvgIpc) is 3.40. The van der Waals surface area contributed by atoms with Crippen LogP contribution in [0.25, 0.3) is 21.1 Å². The van der Waals surface area contributed by atoms with E-state index in [0.29, 0.717) is 37.9 Å². The molecule has 33 heavy (non-hydrogen) atoms. The molecule has 5 rings (SSSR count). The zero-order chi connectivity index (χ0) is 23.1. The van der Waals surface area contributed by atoms with Crippen molar-refractivity contribution >= 4 is 55.8 Å². The lowest BCUT2D eigenvalue weighted by Crippen LogP contribution is -2.13. The van der Waals surface area contributed by atoms with Gasteiger partial charge in [-0.15, -0.1) is 23.1 Å². The Morgan fingerprint density at radius 2 is 2.03 bits per heavy atom. The van der Waals surface area contributed by atoms with Crippen molar-refractivity contribution in [3.05, 3.63) is 80.3 Å². The number of H-pyrrole nitrogens is 2. The van der Waals surface area contributed by atoms with Crippen molar-refractivity contribution in [3.63, 3.8) is 0 Å². The second-order valence-corrected chi connectivity index (χ2v) is 9.92. The van der Waals surface area contributed by atoms with Crippen LogP contribution in [-0.2, 0) is 5.75 Å². The Balaban J connectivity index is 1.44. The minimum absolute atomic E-state index is 0.222. The summed E-state index contributed by atoms with van der Waals surface area (Å²) in [5.41, 5.74) is 4.18. The number of hydrogen-bond donors (Lipinski definition) is 3. The Morgan fingerprint density at radius 1 is 1.18 bits per heavy atom. The van der Waals surface area contributed by atoms with Crippen LogP contribution in [0.15, 0.2) is 52.3 Å². The number of thioether (sulfide) groups is 1. The van der Waals surface area contributed by atoms with E-state index < -0.39 is 0 Å². The quantitative estimate of drug-likeness (QED) is 0.298. The standard InChI is InChI=1S/C24H21N5O2S2/c1-12-7-8-13(2)17(9-12)32-11-18-27-22(30)19-14(3)21(33-24(19)28-18)23(31)26-16-6-4-5-15-10-25-29-20(15)16/h4-10H,11H2,1-3H3,(H,25,29)(H,26,31)(H,27,28,30). The lowest BCUT2D eigenvalue weighted by Gasteiger charge is -2.06. The van der Waals surface area contributed by atoms with Crippen LogP contribution in [0.1, 0.15) is 32.2 Å². The van der Waals surface area contributed by atoms with Gasteiger partial charge in [0.2, 0.25) is 0 Å². The molecule has 0 aliphatic heterocycles. The first-order valence-electron chi connectivity index (χ1n) is 10.4. The smallest absolute Gasteiger partial charge is 0.266 e. The van der Waals surface area contributed by atoms with E-state index in [4.69, 9.17) is 0 Å². The van der Waals surface area contributed by atoms with Gasteiger partial charge in [-0.05, 0) is 44.0 Å². The molecule has 0 unspecified atom stereocenters. The number of anilines is 1. The lowest BCUT2D eigenvalue weighted by molar-refractivity contribution is 0.103. The Kier molecular flexibility index (Phi) is 5.51. The SMILES string of the molecule is Cc1ccc(C)c(SCc2nc3sc(C(=O)Nc4cccc5cn[nH]c45)c(C)c3c(=O)[nH]2)c1. The highest BCUT2D eigenvalue weighted by Gasteiger charge is 2.20. The summed E-state index contributed by atoms with van der Waals surface area (Å²) in [6.45, 7) is 5.91. The molecule has 3 heterocycles. The number of carbonyl (C=O) groups excluding carboxylic acids is 1. The van der Waals surface area contributed by atoms with Crippen LogP contribution in [0.5, 0.6) is 0 Å². The highest BCUT2D eigenvalue weighted by Crippen LogP contribution is 2.30. The number of hydrogen-bond acceptors (Lipinski definition) is 6. The number of para-hydroxylation sites is 1. The largest absolute Gasteiger partial charge is 0.319 e. The fourth-order valence-electron chi connectivity index (χ4n) is 3.73. The molecule has 0 bridgehead atoms. The van der Waals surface area contributed by atoms with Crippen LogP contribution < -0.4 is 10.9 Å². The molecule has 0 saturated carbocycles. The maximum absolute atomic E-state index is 13.1. The maximum atomic E-state index is 13.1. The number of carbonyl (C=O) groups is 1. The first kappa shape index (κ1) is 21.4. The minimum Gasteiger partial charge on any atom is -0.319 e. The number of rotatable bonds is 5. The van der Waals surface area contributed by atoms with Crippen molar-refractivity contribution in [1.29, 1.82) is 0 Å². The van der Waals surface area contributed by atoms with E-state index in [9.17, 15) is 9.59 Å². The van der Waals surface area contributed by atoms with Gasteiger partial charge in [0.05, 0.1) is 33.4 Å². The number of aromatic nitrogens is 4. The first-order chi connectivity index (χ1) is 15.9. The molecule has 0 spiro atoms. The van der Waals surface area contributed by atoms with E-state index in [1.165, 1.54) is 22.5 Å². The van der Waals surface area contributed by atoms with Crippen molar-refractivity contribution in [1.82, 2.24) is 20.2 Å². The van der Waals surface area contributed by atoms with E-state index >= 15 is 0 Å². The molecule has 3 N–H and O–H groups in total. The van der Waals surface area contributed by atoms with Crippen LogP contribution in [0, 0.1) is 20.8 Å². The summed E-state index contributed by atoms with van der Waals surface area (Å²) in [5, 5.41) is 11.2. The van der Waals surface area contributed by atoms with Gasteiger partial charge < -0.3 is 10.3 Å². The molecule has 0 saturated heterocycles. The predicted molar refractivity (Wildman–Crippen MR) is 135 cm³/mol. The van der Waals surface area contributed by atoms with Crippen LogP contribution in [0.3, 0.4) is 0 Å². The third-order valence-electron chi connectivity index (χ3n) is 5.49. The summed E-state index contributed by atoms with van der Waals surface area (Å²) in [6, 6.07) is 11.9. The topological polar surface area (TPSA) is 104 Å². The number of benzene rings is 2. The number of thiophene rings is 1. The third-order valence-corrected chi connectivity index (χ3v) is 7.84. The van der Waals surface area contributed by atoms with Gasteiger partial charge in [0, 0.05) is 10.3 Å². The molecule has 1 amide bonds. The molecule has 0 radical (unpaired) electrons. The zero-order valence-corrected chi connectivity index (χ0v) is 19.9. The minimum atomic E-state index is -0.275. The van der Waals surface area contributed by atoms with Gasteiger partial charge in [0.25, 0.3) is 11.5 Å². The van der Waals surface area contributed by atoms with Gasteiger partial charge in [-0.2, -0.15) is 5.10 Å². The van der Waals surface area contributed by atoms with Crippen molar-refractivity contribution < 1.29 is 4.79 Å². The molecule has 9 heteroatoms. The van der Waals surface area contributed by atoms with E-state index in [-0.39, 0.29) is 11.5 Å². The van der Waals surface area contributed by atoms with Gasteiger partial charge >= 0.3 is 0 Å². The fourth-order valence-corrected chi connectivity index (χ4v) is 5.82. The first-order valence-corrected chi connectivity index (χ1v) is 12.2. The maximum Gasteiger partial charge on any atom is 0.266 e. The van der Waals surface area contributed by atoms with Crippen molar-refractivity contribution in [3.8, 4) is 0 Å². The monoisotopic (exact) mass is 475 g/mol. The number of aryl methyl sites for hydroxylation is 3. The molecule has 7 nitrogen and oxygen atoms in total. The number of amides is 1. The highest BCUT2D eigenvalue weighted by atomic mass is 32.2. The Hall–Kier alpha value is -3.43. The second kappa shape index (κ2) is 8.49. The van der Waals surface area contributed by atoms with Crippen LogP contribution in [0.2, 0.25) is 0 Å². The lowest BCUT2D eigenvalue weighted by atomic mass is 10.2.